The maximum atomic E-state index is 13.7. The molecule has 111 heavy (non-hydrogen) atoms. The van der Waals surface area contributed by atoms with E-state index >= 15 is 0 Å². The Bertz CT molecular complexity index is 3790. The molecule has 23 N–H and O–H groups in total. The number of amides is 8. The molecule has 7 unspecified atom stereocenters. The Hall–Kier alpha value is -7.04. The summed E-state index contributed by atoms with van der Waals surface area (Å²) in [5, 5.41) is 91.2. The quantitative estimate of drug-likeness (QED) is 0.0217. The van der Waals surface area contributed by atoms with Gasteiger partial charge in [-0.15, -0.1) is 0 Å². The third-order valence-corrected chi connectivity index (χ3v) is 21.3. The van der Waals surface area contributed by atoms with E-state index in [2.05, 4.69) is 66.3 Å². The lowest BCUT2D eigenvalue weighted by atomic mass is 9.87. The van der Waals surface area contributed by atoms with Crippen molar-refractivity contribution < 1.29 is 168 Å². The molecule has 2 aromatic heterocycles. The minimum Gasteiger partial charge on any atom is -0.480 e. The average Bonchev–Trinajstić information content (AvgIpc) is 1.65. The first-order valence-electron chi connectivity index (χ1n) is 34.0. The number of aliphatic carboxylic acids is 2. The third kappa shape index (κ3) is 27.1. The lowest BCUT2D eigenvalue weighted by molar-refractivity contribution is -0.313. The average molecular weight is 1670 g/mol. The van der Waals surface area contributed by atoms with Crippen LogP contribution in [0.15, 0.2) is 12.7 Å². The zero-order valence-corrected chi connectivity index (χ0v) is 63.9. The van der Waals surface area contributed by atoms with E-state index in [4.69, 9.17) is 48.9 Å². The third-order valence-electron chi connectivity index (χ3n) is 17.2. The molecule has 0 spiro atoms. The van der Waals surface area contributed by atoms with Gasteiger partial charge in [0.2, 0.25) is 52.4 Å². The van der Waals surface area contributed by atoms with Gasteiger partial charge in [0, 0.05) is 50.9 Å². The molecule has 4 saturated heterocycles. The van der Waals surface area contributed by atoms with E-state index < -0.39 is 267 Å². The van der Waals surface area contributed by atoms with Crippen molar-refractivity contribution in [2.75, 3.05) is 51.0 Å². The number of nitrogen functional groups attached to an aromatic ring is 1. The number of aromatic nitrogens is 4. The van der Waals surface area contributed by atoms with Crippen molar-refractivity contribution in [3.05, 3.63) is 12.7 Å². The number of rotatable bonds is 43. The summed E-state index contributed by atoms with van der Waals surface area (Å²) < 4.78 is 92.6. The Morgan fingerprint density at radius 3 is 2.01 bits per heavy atom. The summed E-state index contributed by atoms with van der Waals surface area (Å²) in [5.74, 6) is -10.2. The van der Waals surface area contributed by atoms with E-state index in [1.165, 1.54) is 20.8 Å². The Labute approximate surface area is 634 Å². The Balaban J connectivity index is 0.922. The highest BCUT2D eigenvalue weighted by Gasteiger charge is 2.57. The summed E-state index contributed by atoms with van der Waals surface area (Å²) in [4.78, 5) is 193. The fourth-order valence-electron chi connectivity index (χ4n) is 11.3. The summed E-state index contributed by atoms with van der Waals surface area (Å²) in [6, 6.07) is -10.1. The van der Waals surface area contributed by atoms with E-state index in [1.807, 2.05) is 0 Å². The highest BCUT2D eigenvalue weighted by Crippen LogP contribution is 2.61. The van der Waals surface area contributed by atoms with Crippen molar-refractivity contribution in [1.82, 2.24) is 62.1 Å². The molecule has 0 saturated carbocycles. The molecule has 0 aromatic carbocycles. The van der Waals surface area contributed by atoms with Gasteiger partial charge in [0.25, 0.3) is 0 Å². The van der Waals surface area contributed by atoms with Gasteiger partial charge in [-0.3, -0.25) is 66.1 Å². The van der Waals surface area contributed by atoms with Gasteiger partial charge in [0.15, 0.2) is 30.3 Å². The molecule has 2 bridgehead atoms. The standard InChI is InChI=1S/C58H93N14O35P3S/c1-23(66-49(83)25(3)101-44-37(69-27(5)75)56-98-18-32(104-56)43(44)105-57-36(68-26(4)74)40(79)39(78)31(17-73)103-57)48(82)71-30(54(88)89)11-12-35(77)70-29(10-8-9-28(59)53(86)87)50(84)67-24(2)55(90)111-16-15-61-34(76)13-14-62-51(85)45(81)58(6,7)20-100-110(96,97)107-109(94,95)99-19-33-42(106-108(91,92)93)41(80)52(102-33)72-22-65-38-46(60)63-21-64-47(38)72/h21-25,28-33,36-37,39-45,52,56-57,73,78-81H,8-20,59H2,1-7H3,(H,61,76)(H,62,85)(H,66,83)(H,67,84)(H,68,74)(H,69,75)(H,70,77)(H,71,82)(H,86,87)(H,88,89)(H,94,95)(H,96,97)(H2,60,63,64)(H2,91,92,93)/t23-,24+,25+,28+,29-,30+,31+,32+,33?,36+,37+,39+,40+,41?,42?,43+,44+,45?,52?,56+,57-/m0/s1. The molecular formula is C58H93N14O35P3S. The van der Waals surface area contributed by atoms with Gasteiger partial charge in [-0.25, -0.2) is 33.4 Å². The highest BCUT2D eigenvalue weighted by atomic mass is 32.2. The number of hydrogen-bond acceptors (Lipinski definition) is 35. The number of phosphoric ester groups is 3. The molecule has 53 heteroatoms. The van der Waals surface area contributed by atoms with E-state index in [-0.39, 0.29) is 55.1 Å². The highest BCUT2D eigenvalue weighted by molar-refractivity contribution is 8.13. The van der Waals surface area contributed by atoms with E-state index in [9.17, 15) is 122 Å². The molecule has 4 aliphatic rings. The number of nitrogens with two attached hydrogens (primary N) is 2. The SMILES string of the molecule is CC(=O)N[C@H]1[C@H](O[C@H]2[C@H](O[C@H](C)C(=O)N[C@@H](C)C(=O)N[C@H](CCC(=O)N[C@@H](CCC[C@@H](N)C(=O)O)C(=O)N[C@H](C)C(=O)SCCNC(=O)CCNC(=O)C(O)C(C)(C)COP(=O)(O)OP(=O)(O)OCC3OC(n4cnc5c(N)ncnc54)C(O)C3OP(=O)(O)O)C(=O)O)[C@@H](NC(C)=O)[C@@H]3OC[C@H]2O3)O[C@H](CO)[C@@H](O)[C@@H]1O. The topological polar surface area (TPSA) is 746 Å². The van der Waals surface area contributed by atoms with Crippen LogP contribution in [0.2, 0.25) is 0 Å². The Morgan fingerprint density at radius 2 is 1.37 bits per heavy atom. The second-order valence-corrected chi connectivity index (χ2v) is 31.8. The number of carboxylic acid groups (broad SMARTS) is 2. The maximum absolute atomic E-state index is 13.7. The van der Waals surface area contributed by atoms with Gasteiger partial charge < -0.3 is 138 Å². The lowest BCUT2D eigenvalue weighted by Crippen LogP contribution is -2.68. The fourth-order valence-corrected chi connectivity index (χ4v) is 14.9. The van der Waals surface area contributed by atoms with Crippen LogP contribution in [0.3, 0.4) is 0 Å². The minimum atomic E-state index is -5.70. The maximum Gasteiger partial charge on any atom is 0.481 e. The number of phosphoric acid groups is 3. The number of ether oxygens (including phenoxy) is 6. The van der Waals surface area contributed by atoms with Gasteiger partial charge in [0.1, 0.15) is 115 Å². The van der Waals surface area contributed by atoms with Crippen LogP contribution in [-0.2, 0) is 113 Å². The predicted octanol–water partition coefficient (Wildman–Crippen LogP) is -7.55. The second-order valence-electron chi connectivity index (χ2n) is 26.5. The molecule has 8 amide bonds. The zero-order valence-electron chi connectivity index (χ0n) is 60.4. The molecular weight excluding hydrogens is 1580 g/mol. The largest absolute Gasteiger partial charge is 0.481 e. The summed E-state index contributed by atoms with van der Waals surface area (Å²) in [5.41, 5.74) is 9.67. The van der Waals surface area contributed by atoms with Crippen molar-refractivity contribution in [3.8, 4) is 0 Å². The predicted molar refractivity (Wildman–Crippen MR) is 369 cm³/mol. The van der Waals surface area contributed by atoms with Gasteiger partial charge in [-0.1, -0.05) is 25.6 Å². The summed E-state index contributed by atoms with van der Waals surface area (Å²) in [6.07, 6.45) is -22.3. The number of fused-ring (bicyclic) bond motifs is 3. The molecule has 49 nitrogen and oxygen atoms in total. The number of anilines is 1. The molecule has 626 valence electrons. The number of imidazole rings is 1. The van der Waals surface area contributed by atoms with Gasteiger partial charge >= 0.3 is 35.4 Å². The first-order valence-corrected chi connectivity index (χ1v) is 39.5. The van der Waals surface area contributed by atoms with Crippen LogP contribution in [0.4, 0.5) is 5.82 Å². The number of aliphatic hydroxyl groups excluding tert-OH is 5. The fraction of sp³-hybridized carbons (Fsp3) is 0.724. The van der Waals surface area contributed by atoms with Crippen LogP contribution in [-0.4, -0.2) is 306 Å². The zero-order chi connectivity index (χ0) is 82.9. The van der Waals surface area contributed by atoms with Gasteiger partial charge in [0.05, 0.1) is 38.8 Å². The summed E-state index contributed by atoms with van der Waals surface area (Å²) >= 11 is 0.653. The van der Waals surface area contributed by atoms with Crippen molar-refractivity contribution >= 4 is 117 Å². The number of thioether (sulfide) groups is 1. The normalized spacial score (nSPS) is 26.9. The van der Waals surface area contributed by atoms with Crippen molar-refractivity contribution in [3.63, 3.8) is 0 Å². The van der Waals surface area contributed by atoms with Crippen molar-refractivity contribution in [2.45, 2.75) is 215 Å². The van der Waals surface area contributed by atoms with Crippen LogP contribution in [0.5, 0.6) is 0 Å². The lowest BCUT2D eigenvalue weighted by Gasteiger charge is -2.47. The second kappa shape index (κ2) is 40.8. The number of carbonyl (C=O) groups is 11. The van der Waals surface area contributed by atoms with Crippen LogP contribution in [0.25, 0.3) is 11.2 Å². The number of carboxylic acids is 2. The number of carbonyl (C=O) groups excluding carboxylic acids is 9. The first-order chi connectivity index (χ1) is 51.7. The summed E-state index contributed by atoms with van der Waals surface area (Å²) in [7, 11) is -16.8. The van der Waals surface area contributed by atoms with Crippen molar-refractivity contribution in [1.29, 1.82) is 0 Å². The Kier molecular flexibility index (Phi) is 34.1. The number of nitrogens with zero attached hydrogens (tertiary/aromatic N) is 4. The number of nitrogens with one attached hydrogen (secondary N) is 8. The molecule has 4 aliphatic heterocycles. The van der Waals surface area contributed by atoms with Crippen LogP contribution < -0.4 is 54.0 Å². The number of hydrogen-bond donors (Lipinski definition) is 21. The monoisotopic (exact) mass is 1670 g/mol. The van der Waals surface area contributed by atoms with Gasteiger partial charge in [-0.05, 0) is 46.5 Å². The molecule has 6 heterocycles. The minimum absolute atomic E-state index is 0.0233. The molecule has 0 radical (unpaired) electrons. The summed E-state index contributed by atoms with van der Waals surface area (Å²) in [6.45, 7) is 4.58. The molecule has 2 aromatic rings. The molecule has 0 aliphatic carbocycles. The Morgan fingerprint density at radius 1 is 0.712 bits per heavy atom. The van der Waals surface area contributed by atoms with Gasteiger partial charge in [-0.2, -0.15) is 4.31 Å². The van der Waals surface area contributed by atoms with Crippen LogP contribution >= 0.6 is 35.2 Å². The number of aliphatic hydroxyl groups is 5. The molecule has 4 fully saturated rings. The van der Waals surface area contributed by atoms with Crippen molar-refractivity contribution in [2.24, 2.45) is 11.1 Å². The van der Waals surface area contributed by atoms with E-state index in [0.29, 0.717) is 11.8 Å². The molecule has 23 atom stereocenters. The van der Waals surface area contributed by atoms with E-state index in [0.717, 1.165) is 44.9 Å². The van der Waals surface area contributed by atoms with Crippen LogP contribution in [0, 0.1) is 5.41 Å². The molecule has 6 rings (SSSR count). The van der Waals surface area contributed by atoms with E-state index in [1.54, 1.807) is 0 Å². The van der Waals surface area contributed by atoms with Crippen LogP contribution in [0.1, 0.15) is 93.2 Å². The smallest absolute Gasteiger partial charge is 0.480 e. The first kappa shape index (κ1) is 92.8.